The third kappa shape index (κ3) is 2.51. The molecule has 1 aromatic rings. The maximum absolute atomic E-state index is 11.7. The van der Waals surface area contributed by atoms with Crippen LogP contribution in [0.25, 0.3) is 0 Å². The van der Waals surface area contributed by atoms with Crippen LogP contribution in [-0.2, 0) is 16.0 Å². The van der Waals surface area contributed by atoms with Gasteiger partial charge < -0.3 is 0 Å². The number of benzene rings is 1. The van der Waals surface area contributed by atoms with Gasteiger partial charge >= 0.3 is 0 Å². The van der Waals surface area contributed by atoms with Crippen molar-refractivity contribution in [1.29, 1.82) is 0 Å². The smallest absolute Gasteiger partial charge is 0.243 e. The van der Waals surface area contributed by atoms with Gasteiger partial charge in [0.1, 0.15) is 0 Å². The molecule has 2 unspecified atom stereocenters. The molecule has 2 amide bonds. The zero-order valence-electron chi connectivity index (χ0n) is 10.4. The van der Waals surface area contributed by atoms with Gasteiger partial charge in [-0.25, -0.2) is 0 Å². The van der Waals surface area contributed by atoms with E-state index in [-0.39, 0.29) is 23.9 Å². The average molecular weight is 279 g/mol. The van der Waals surface area contributed by atoms with Crippen LogP contribution in [0, 0.1) is 0 Å². The van der Waals surface area contributed by atoms with Crippen LogP contribution in [0.5, 0.6) is 0 Å². The lowest BCUT2D eigenvalue weighted by Gasteiger charge is -2.25. The van der Waals surface area contributed by atoms with Crippen LogP contribution >= 0.6 is 11.6 Å². The van der Waals surface area contributed by atoms with Gasteiger partial charge in [-0.05, 0) is 42.5 Å². The van der Waals surface area contributed by atoms with E-state index in [9.17, 15) is 9.59 Å². The number of amides is 2. The fourth-order valence-electron chi connectivity index (χ4n) is 2.85. The number of piperidine rings is 1. The Morgan fingerprint density at radius 1 is 1.16 bits per heavy atom. The molecule has 0 spiro atoms. The summed E-state index contributed by atoms with van der Waals surface area (Å²) < 4.78 is 0. The average Bonchev–Trinajstić information content (AvgIpc) is 2.75. The molecule has 1 aromatic carbocycles. The second-order valence-corrected chi connectivity index (χ2v) is 5.54. The quantitative estimate of drug-likeness (QED) is 0.810. The second kappa shape index (κ2) is 4.94. The van der Waals surface area contributed by atoms with Crippen molar-refractivity contribution < 1.29 is 9.59 Å². The lowest BCUT2D eigenvalue weighted by molar-refractivity contribution is -0.134. The monoisotopic (exact) mass is 278 g/mol. The SMILES string of the molecule is O=C1CCC(NC2CCc3cc(Cl)ccc32)C(=O)N1. The van der Waals surface area contributed by atoms with Crippen molar-refractivity contribution in [2.45, 2.75) is 37.8 Å². The van der Waals surface area contributed by atoms with E-state index in [1.54, 1.807) is 0 Å². The predicted octanol–water partition coefficient (Wildman–Crippen LogP) is 1.72. The van der Waals surface area contributed by atoms with Gasteiger partial charge in [0.25, 0.3) is 0 Å². The molecule has 0 saturated carbocycles. The van der Waals surface area contributed by atoms with Crippen molar-refractivity contribution in [3.05, 3.63) is 34.3 Å². The molecular weight excluding hydrogens is 264 g/mol. The van der Waals surface area contributed by atoms with Crippen LogP contribution in [-0.4, -0.2) is 17.9 Å². The molecule has 19 heavy (non-hydrogen) atoms. The van der Waals surface area contributed by atoms with E-state index >= 15 is 0 Å². The maximum atomic E-state index is 11.7. The number of carbonyl (C=O) groups is 2. The van der Waals surface area contributed by atoms with Gasteiger partial charge in [0.2, 0.25) is 11.8 Å². The van der Waals surface area contributed by atoms with E-state index in [1.165, 1.54) is 11.1 Å². The Morgan fingerprint density at radius 2 is 1.95 bits per heavy atom. The van der Waals surface area contributed by atoms with Gasteiger partial charge in [0.05, 0.1) is 6.04 Å². The van der Waals surface area contributed by atoms with Crippen molar-refractivity contribution in [3.63, 3.8) is 0 Å². The van der Waals surface area contributed by atoms with Gasteiger partial charge in [0, 0.05) is 17.5 Å². The van der Waals surface area contributed by atoms with Crippen LogP contribution in [0.2, 0.25) is 5.02 Å². The molecule has 3 rings (SSSR count). The lowest BCUT2D eigenvalue weighted by atomic mass is 10.0. The summed E-state index contributed by atoms with van der Waals surface area (Å²) >= 11 is 5.98. The molecule has 1 aliphatic heterocycles. The Hall–Kier alpha value is -1.39. The summed E-state index contributed by atoms with van der Waals surface area (Å²) in [6, 6.07) is 5.79. The first-order valence-electron chi connectivity index (χ1n) is 6.51. The molecule has 1 heterocycles. The fourth-order valence-corrected chi connectivity index (χ4v) is 3.05. The molecule has 0 radical (unpaired) electrons. The molecule has 2 N–H and O–H groups in total. The molecule has 2 atom stereocenters. The third-order valence-electron chi connectivity index (χ3n) is 3.82. The highest BCUT2D eigenvalue weighted by Gasteiger charge is 2.31. The van der Waals surface area contributed by atoms with Gasteiger partial charge in [-0.3, -0.25) is 20.2 Å². The topological polar surface area (TPSA) is 58.2 Å². The summed E-state index contributed by atoms with van der Waals surface area (Å²) in [7, 11) is 0. The standard InChI is InChI=1S/C14H15ClN2O2/c15-9-2-3-10-8(7-9)1-4-11(10)16-12-5-6-13(18)17-14(12)19/h2-3,7,11-12,16H,1,4-6H2,(H,17,18,19). The molecule has 0 bridgehead atoms. The highest BCUT2D eigenvalue weighted by atomic mass is 35.5. The zero-order chi connectivity index (χ0) is 13.4. The van der Waals surface area contributed by atoms with E-state index in [0.717, 1.165) is 17.9 Å². The normalized spacial score (nSPS) is 26.2. The summed E-state index contributed by atoms with van der Waals surface area (Å²) in [4.78, 5) is 22.9. The first kappa shape index (κ1) is 12.6. The van der Waals surface area contributed by atoms with Gasteiger partial charge in [-0.15, -0.1) is 0 Å². The van der Waals surface area contributed by atoms with Crippen molar-refractivity contribution in [2.75, 3.05) is 0 Å². The van der Waals surface area contributed by atoms with E-state index < -0.39 is 0 Å². The van der Waals surface area contributed by atoms with Crippen LogP contribution in [0.4, 0.5) is 0 Å². The highest BCUT2D eigenvalue weighted by Crippen LogP contribution is 2.33. The van der Waals surface area contributed by atoms with Crippen LogP contribution < -0.4 is 10.6 Å². The molecule has 0 aromatic heterocycles. The Labute approximate surface area is 116 Å². The van der Waals surface area contributed by atoms with Gasteiger partial charge in [0.15, 0.2) is 0 Å². The van der Waals surface area contributed by atoms with Crippen molar-refractivity contribution in [1.82, 2.24) is 10.6 Å². The Morgan fingerprint density at radius 3 is 2.74 bits per heavy atom. The van der Waals surface area contributed by atoms with E-state index in [4.69, 9.17) is 11.6 Å². The van der Waals surface area contributed by atoms with E-state index in [0.29, 0.717) is 12.8 Å². The largest absolute Gasteiger partial charge is 0.299 e. The molecule has 100 valence electrons. The number of imide groups is 1. The molecule has 1 aliphatic carbocycles. The number of nitrogens with one attached hydrogen (secondary N) is 2. The first-order chi connectivity index (χ1) is 9.13. The molecule has 2 aliphatic rings. The summed E-state index contributed by atoms with van der Waals surface area (Å²) in [5.74, 6) is -0.389. The van der Waals surface area contributed by atoms with Gasteiger partial charge in [-0.2, -0.15) is 0 Å². The van der Waals surface area contributed by atoms with Crippen LogP contribution in [0.15, 0.2) is 18.2 Å². The summed E-state index contributed by atoms with van der Waals surface area (Å²) in [5, 5.41) is 6.48. The number of halogens is 1. The molecule has 4 nitrogen and oxygen atoms in total. The number of carbonyl (C=O) groups excluding carboxylic acids is 2. The predicted molar refractivity (Wildman–Crippen MR) is 71.8 cm³/mol. The van der Waals surface area contributed by atoms with E-state index in [2.05, 4.69) is 10.6 Å². The first-order valence-corrected chi connectivity index (χ1v) is 6.89. The Balaban J connectivity index is 1.73. The number of hydrogen-bond donors (Lipinski definition) is 2. The van der Waals surface area contributed by atoms with Crippen molar-refractivity contribution in [3.8, 4) is 0 Å². The maximum Gasteiger partial charge on any atom is 0.243 e. The van der Waals surface area contributed by atoms with Crippen LogP contribution in [0.3, 0.4) is 0 Å². The van der Waals surface area contributed by atoms with Crippen LogP contribution in [0.1, 0.15) is 36.4 Å². The second-order valence-electron chi connectivity index (χ2n) is 5.10. The minimum atomic E-state index is -0.274. The van der Waals surface area contributed by atoms with Gasteiger partial charge in [-0.1, -0.05) is 17.7 Å². The van der Waals surface area contributed by atoms with Crippen molar-refractivity contribution in [2.24, 2.45) is 0 Å². The minimum Gasteiger partial charge on any atom is -0.299 e. The minimum absolute atomic E-state index is 0.177. The van der Waals surface area contributed by atoms with E-state index in [1.807, 2.05) is 18.2 Å². The molecule has 5 heteroatoms. The lowest BCUT2D eigenvalue weighted by Crippen LogP contribution is -2.51. The number of fused-ring (bicyclic) bond motifs is 1. The zero-order valence-corrected chi connectivity index (χ0v) is 11.2. The Bertz CT molecular complexity index is 544. The van der Waals surface area contributed by atoms with Crippen molar-refractivity contribution >= 4 is 23.4 Å². The highest BCUT2D eigenvalue weighted by molar-refractivity contribution is 6.30. The summed E-state index contributed by atoms with van der Waals surface area (Å²) in [6.45, 7) is 0. The number of rotatable bonds is 2. The fraction of sp³-hybridized carbons (Fsp3) is 0.429. The Kier molecular flexibility index (Phi) is 3.29. The summed E-state index contributed by atoms with van der Waals surface area (Å²) in [6.07, 6.45) is 2.92. The number of hydrogen-bond acceptors (Lipinski definition) is 3. The molecular formula is C14H15ClN2O2. The molecule has 1 fully saturated rings. The third-order valence-corrected chi connectivity index (χ3v) is 4.06. The molecule has 1 saturated heterocycles. The number of aryl methyl sites for hydroxylation is 1. The summed E-state index contributed by atoms with van der Waals surface area (Å²) in [5.41, 5.74) is 2.46.